The monoisotopic (exact) mass is 267 g/mol. The second-order valence-corrected chi connectivity index (χ2v) is 4.37. The summed E-state index contributed by atoms with van der Waals surface area (Å²) in [5.41, 5.74) is 0. The fraction of sp³-hybridized carbons (Fsp3) is 0.750. The van der Waals surface area contributed by atoms with Crippen molar-refractivity contribution in [3.8, 4) is 6.01 Å². The number of hydrogen-bond donors (Lipinski definition) is 1. The highest BCUT2D eigenvalue weighted by Gasteiger charge is 2.22. The van der Waals surface area contributed by atoms with Crippen molar-refractivity contribution in [1.29, 1.82) is 0 Å². The van der Waals surface area contributed by atoms with Crippen LogP contribution in [0.15, 0.2) is 0 Å². The van der Waals surface area contributed by atoms with Crippen LogP contribution in [0.1, 0.15) is 19.8 Å². The van der Waals surface area contributed by atoms with Crippen LogP contribution in [0.4, 0.5) is 11.9 Å². The molecule has 0 spiro atoms. The van der Waals surface area contributed by atoms with Gasteiger partial charge in [0.25, 0.3) is 0 Å². The van der Waals surface area contributed by atoms with Crippen LogP contribution in [0.5, 0.6) is 6.01 Å². The highest BCUT2D eigenvalue weighted by Crippen LogP contribution is 2.20. The molecule has 1 saturated heterocycles. The number of ether oxygens (including phenoxy) is 2. The molecule has 7 nitrogen and oxygen atoms in total. The molecule has 0 aromatic carbocycles. The molecule has 7 heteroatoms. The van der Waals surface area contributed by atoms with Gasteiger partial charge in [0.05, 0.1) is 12.7 Å². The van der Waals surface area contributed by atoms with E-state index in [9.17, 15) is 0 Å². The lowest BCUT2D eigenvalue weighted by atomic mass is 10.1. The molecule has 1 aliphatic rings. The molecule has 0 amide bonds. The van der Waals surface area contributed by atoms with Gasteiger partial charge in [-0.3, -0.25) is 0 Å². The third kappa shape index (κ3) is 3.44. The van der Waals surface area contributed by atoms with Crippen LogP contribution in [0.2, 0.25) is 0 Å². The lowest BCUT2D eigenvalue weighted by Crippen LogP contribution is -2.40. The van der Waals surface area contributed by atoms with Crippen LogP contribution in [0.25, 0.3) is 0 Å². The Morgan fingerprint density at radius 1 is 1.37 bits per heavy atom. The first kappa shape index (κ1) is 13.8. The Hall–Kier alpha value is -1.63. The van der Waals surface area contributed by atoms with Gasteiger partial charge in [-0.1, -0.05) is 0 Å². The van der Waals surface area contributed by atoms with Crippen molar-refractivity contribution in [3.05, 3.63) is 0 Å². The predicted octanol–water partition coefficient (Wildman–Crippen LogP) is 0.927. The molecule has 0 aliphatic carbocycles. The van der Waals surface area contributed by atoms with Crippen molar-refractivity contribution in [2.75, 3.05) is 44.1 Å². The van der Waals surface area contributed by atoms with Gasteiger partial charge < -0.3 is 19.7 Å². The largest absolute Gasteiger partial charge is 0.464 e. The van der Waals surface area contributed by atoms with Gasteiger partial charge in [-0.15, -0.1) is 0 Å². The average Bonchev–Trinajstić information content (AvgIpc) is 2.47. The summed E-state index contributed by atoms with van der Waals surface area (Å²) < 4.78 is 10.8. The number of methoxy groups -OCH3 is 1. The van der Waals surface area contributed by atoms with Gasteiger partial charge in [-0.2, -0.15) is 15.0 Å². The Morgan fingerprint density at radius 3 is 2.89 bits per heavy atom. The third-order valence-corrected chi connectivity index (χ3v) is 3.09. The zero-order chi connectivity index (χ0) is 13.7. The van der Waals surface area contributed by atoms with Crippen LogP contribution in [-0.2, 0) is 4.74 Å². The molecule has 2 rings (SSSR count). The van der Waals surface area contributed by atoms with Crippen LogP contribution in [0, 0.1) is 0 Å². The van der Waals surface area contributed by atoms with Crippen LogP contribution >= 0.6 is 0 Å². The molecular formula is C12H21N5O2. The molecule has 1 fully saturated rings. The zero-order valence-corrected chi connectivity index (χ0v) is 11.7. The Morgan fingerprint density at radius 2 is 2.21 bits per heavy atom. The minimum absolute atomic E-state index is 0.235. The van der Waals surface area contributed by atoms with Crippen molar-refractivity contribution in [2.45, 2.75) is 25.9 Å². The second-order valence-electron chi connectivity index (χ2n) is 4.37. The van der Waals surface area contributed by atoms with Crippen LogP contribution in [-0.4, -0.2) is 54.9 Å². The number of nitrogens with zero attached hydrogens (tertiary/aromatic N) is 4. The van der Waals surface area contributed by atoms with Gasteiger partial charge >= 0.3 is 6.01 Å². The smallest absolute Gasteiger partial charge is 0.323 e. The summed E-state index contributed by atoms with van der Waals surface area (Å²) in [6, 6.07) is 0.358. The molecule has 1 unspecified atom stereocenters. The minimum atomic E-state index is 0.235. The van der Waals surface area contributed by atoms with Gasteiger partial charge in [0.2, 0.25) is 11.9 Å². The van der Waals surface area contributed by atoms with Gasteiger partial charge in [0.15, 0.2) is 0 Å². The fourth-order valence-corrected chi connectivity index (χ4v) is 2.10. The lowest BCUT2D eigenvalue weighted by molar-refractivity contribution is 0.0888. The predicted molar refractivity (Wildman–Crippen MR) is 72.8 cm³/mol. The van der Waals surface area contributed by atoms with E-state index < -0.39 is 0 Å². The van der Waals surface area contributed by atoms with E-state index in [1.165, 1.54) is 0 Å². The molecule has 0 bridgehead atoms. The van der Waals surface area contributed by atoms with Crippen molar-refractivity contribution in [1.82, 2.24) is 15.0 Å². The van der Waals surface area contributed by atoms with E-state index in [0.29, 0.717) is 24.5 Å². The quantitative estimate of drug-likeness (QED) is 0.850. The number of rotatable bonds is 5. The van der Waals surface area contributed by atoms with Gasteiger partial charge in [0.1, 0.15) is 0 Å². The third-order valence-electron chi connectivity index (χ3n) is 3.09. The molecule has 1 N–H and O–H groups in total. The van der Waals surface area contributed by atoms with E-state index >= 15 is 0 Å². The van der Waals surface area contributed by atoms with E-state index in [0.717, 1.165) is 25.9 Å². The van der Waals surface area contributed by atoms with Gasteiger partial charge in [-0.25, -0.2) is 0 Å². The maximum Gasteiger partial charge on any atom is 0.323 e. The molecule has 1 aromatic heterocycles. The Labute approximate surface area is 113 Å². The summed E-state index contributed by atoms with van der Waals surface area (Å²) in [5, 5.41) is 2.93. The maximum absolute atomic E-state index is 5.42. The normalized spacial score (nSPS) is 19.3. The summed E-state index contributed by atoms with van der Waals surface area (Å²) in [7, 11) is 3.52. The zero-order valence-electron chi connectivity index (χ0n) is 11.7. The molecule has 0 saturated carbocycles. The summed E-state index contributed by atoms with van der Waals surface area (Å²) in [6.07, 6.45) is 2.39. The highest BCUT2D eigenvalue weighted by molar-refractivity contribution is 5.38. The SMILES string of the molecule is CCOc1nc(NC)nc(N2CCCC(OC)C2)n1. The molecule has 1 aliphatic heterocycles. The summed E-state index contributed by atoms with van der Waals surface area (Å²) in [6.45, 7) is 4.17. The fourth-order valence-electron chi connectivity index (χ4n) is 2.10. The van der Waals surface area contributed by atoms with Crippen LogP contribution in [0.3, 0.4) is 0 Å². The number of hydrogen-bond acceptors (Lipinski definition) is 7. The molecule has 19 heavy (non-hydrogen) atoms. The molecule has 1 aromatic rings. The molecule has 2 heterocycles. The maximum atomic E-state index is 5.42. The average molecular weight is 267 g/mol. The van der Waals surface area contributed by atoms with Crippen molar-refractivity contribution >= 4 is 11.9 Å². The van der Waals surface area contributed by atoms with E-state index in [-0.39, 0.29) is 6.10 Å². The lowest BCUT2D eigenvalue weighted by Gasteiger charge is -2.31. The topological polar surface area (TPSA) is 72.4 Å². The minimum Gasteiger partial charge on any atom is -0.464 e. The first-order valence-electron chi connectivity index (χ1n) is 6.61. The highest BCUT2D eigenvalue weighted by atomic mass is 16.5. The van der Waals surface area contributed by atoms with Crippen LogP contribution < -0.4 is 15.0 Å². The van der Waals surface area contributed by atoms with E-state index in [1.807, 2.05) is 6.92 Å². The Balaban J connectivity index is 2.19. The number of nitrogens with one attached hydrogen (secondary N) is 1. The number of anilines is 2. The van der Waals surface area contributed by atoms with Crippen molar-refractivity contribution in [2.24, 2.45) is 0 Å². The van der Waals surface area contributed by atoms with Crippen molar-refractivity contribution in [3.63, 3.8) is 0 Å². The molecule has 1 atom stereocenters. The standard InChI is InChI=1S/C12H21N5O2/c1-4-19-12-15-10(13-2)14-11(16-12)17-7-5-6-9(8-17)18-3/h9H,4-8H2,1-3H3,(H,13,14,15,16). The van der Waals surface area contributed by atoms with E-state index in [1.54, 1.807) is 14.2 Å². The number of piperidine rings is 1. The summed E-state index contributed by atoms with van der Waals surface area (Å²) >= 11 is 0. The number of aromatic nitrogens is 3. The first-order valence-corrected chi connectivity index (χ1v) is 6.61. The Bertz CT molecular complexity index is 415. The molecule has 0 radical (unpaired) electrons. The van der Waals surface area contributed by atoms with E-state index in [2.05, 4.69) is 25.2 Å². The summed E-state index contributed by atoms with van der Waals surface area (Å²) in [4.78, 5) is 15.0. The summed E-state index contributed by atoms with van der Waals surface area (Å²) in [5.74, 6) is 1.16. The van der Waals surface area contributed by atoms with E-state index in [4.69, 9.17) is 9.47 Å². The first-order chi connectivity index (χ1) is 9.26. The van der Waals surface area contributed by atoms with Gasteiger partial charge in [0, 0.05) is 27.2 Å². The molecule has 106 valence electrons. The van der Waals surface area contributed by atoms with Gasteiger partial charge in [-0.05, 0) is 19.8 Å². The van der Waals surface area contributed by atoms with Crippen molar-refractivity contribution < 1.29 is 9.47 Å². The second kappa shape index (κ2) is 6.51. The molecular weight excluding hydrogens is 246 g/mol. The Kier molecular flexibility index (Phi) is 4.73.